The minimum Gasteiger partial charge on any atom is -0.444 e. The molecular formula is C23H21FN2O5S. The van der Waals surface area contributed by atoms with Crippen molar-refractivity contribution >= 4 is 27.6 Å². The monoisotopic (exact) mass is 456 g/mol. The zero-order chi connectivity index (χ0) is 23.3. The highest BCUT2D eigenvalue weighted by Gasteiger charge is 2.27. The Kier molecular flexibility index (Phi) is 7.01. The molecule has 1 amide bonds. The van der Waals surface area contributed by atoms with E-state index in [1.165, 1.54) is 62.6 Å². The Morgan fingerprint density at radius 1 is 0.938 bits per heavy atom. The molecular weight excluding hydrogens is 435 g/mol. The van der Waals surface area contributed by atoms with Gasteiger partial charge in [-0.2, -0.15) is 0 Å². The number of sulfonamides is 1. The summed E-state index contributed by atoms with van der Waals surface area (Å²) in [4.78, 5) is 25.6. The third-order valence-corrected chi connectivity index (χ3v) is 6.34. The van der Waals surface area contributed by atoms with E-state index in [1.807, 2.05) is 0 Å². The van der Waals surface area contributed by atoms with Crippen LogP contribution in [0.3, 0.4) is 0 Å². The first-order chi connectivity index (χ1) is 15.2. The van der Waals surface area contributed by atoms with Crippen LogP contribution in [0.2, 0.25) is 0 Å². The van der Waals surface area contributed by atoms with E-state index in [4.69, 9.17) is 4.74 Å². The predicted octanol–water partition coefficient (Wildman–Crippen LogP) is 3.61. The molecule has 0 saturated carbocycles. The van der Waals surface area contributed by atoms with Crippen molar-refractivity contribution in [2.75, 3.05) is 19.4 Å². The zero-order valence-electron chi connectivity index (χ0n) is 17.4. The van der Waals surface area contributed by atoms with Crippen LogP contribution in [0.4, 0.5) is 10.1 Å². The number of halogens is 1. The van der Waals surface area contributed by atoms with Gasteiger partial charge in [0.05, 0.1) is 10.5 Å². The summed E-state index contributed by atoms with van der Waals surface area (Å²) in [5.74, 6) is -1.97. The topological polar surface area (TPSA) is 92.8 Å². The van der Waals surface area contributed by atoms with Crippen molar-refractivity contribution < 1.29 is 27.1 Å². The summed E-state index contributed by atoms with van der Waals surface area (Å²) in [6.45, 7) is 0. The maximum absolute atomic E-state index is 13.1. The molecule has 32 heavy (non-hydrogen) atoms. The highest BCUT2D eigenvalue weighted by molar-refractivity contribution is 7.89. The molecule has 0 saturated heterocycles. The summed E-state index contributed by atoms with van der Waals surface area (Å²) in [7, 11) is -0.997. The van der Waals surface area contributed by atoms with E-state index in [0.717, 1.165) is 4.31 Å². The van der Waals surface area contributed by atoms with Gasteiger partial charge >= 0.3 is 5.97 Å². The smallest absolute Gasteiger partial charge is 0.339 e. The Labute approximate surface area is 185 Å². The van der Waals surface area contributed by atoms with Gasteiger partial charge < -0.3 is 10.1 Å². The third kappa shape index (κ3) is 5.37. The van der Waals surface area contributed by atoms with Crippen molar-refractivity contribution in [3.05, 3.63) is 95.8 Å². The van der Waals surface area contributed by atoms with E-state index >= 15 is 0 Å². The van der Waals surface area contributed by atoms with Crippen molar-refractivity contribution in [3.63, 3.8) is 0 Å². The van der Waals surface area contributed by atoms with Crippen molar-refractivity contribution in [2.45, 2.75) is 11.0 Å². The first-order valence-corrected chi connectivity index (χ1v) is 11.0. The quantitative estimate of drug-likeness (QED) is 0.549. The molecule has 0 spiro atoms. The Balaban J connectivity index is 1.88. The van der Waals surface area contributed by atoms with Crippen LogP contribution >= 0.6 is 0 Å². The van der Waals surface area contributed by atoms with E-state index in [-0.39, 0.29) is 10.5 Å². The maximum Gasteiger partial charge on any atom is 0.339 e. The lowest BCUT2D eigenvalue weighted by Crippen LogP contribution is -2.26. The van der Waals surface area contributed by atoms with Gasteiger partial charge in [-0.25, -0.2) is 21.9 Å². The molecule has 1 atom stereocenters. The highest BCUT2D eigenvalue weighted by Crippen LogP contribution is 2.23. The summed E-state index contributed by atoms with van der Waals surface area (Å²) in [6, 6.07) is 18.9. The maximum atomic E-state index is 13.1. The number of anilines is 1. The van der Waals surface area contributed by atoms with Gasteiger partial charge in [0.1, 0.15) is 5.82 Å². The Morgan fingerprint density at radius 2 is 1.59 bits per heavy atom. The van der Waals surface area contributed by atoms with Crippen LogP contribution < -0.4 is 5.32 Å². The number of carbonyl (C=O) groups is 2. The number of amides is 1. The Bertz CT molecular complexity index is 1210. The number of benzene rings is 3. The van der Waals surface area contributed by atoms with Gasteiger partial charge in [0, 0.05) is 25.3 Å². The van der Waals surface area contributed by atoms with Gasteiger partial charge in [0.25, 0.3) is 5.91 Å². The van der Waals surface area contributed by atoms with Crippen LogP contribution in [0.5, 0.6) is 0 Å². The second-order valence-corrected chi connectivity index (χ2v) is 9.16. The fraction of sp³-hybridized carbons (Fsp3) is 0.130. The molecule has 9 heteroatoms. The van der Waals surface area contributed by atoms with Crippen molar-refractivity contribution in [1.82, 2.24) is 4.31 Å². The van der Waals surface area contributed by atoms with Crippen LogP contribution in [0.25, 0.3) is 0 Å². The normalized spacial score (nSPS) is 12.2. The summed E-state index contributed by atoms with van der Waals surface area (Å²) >= 11 is 0. The molecule has 3 rings (SSSR count). The second-order valence-electron chi connectivity index (χ2n) is 7.01. The lowest BCUT2D eigenvalue weighted by molar-refractivity contribution is -0.125. The zero-order valence-corrected chi connectivity index (χ0v) is 18.2. The summed E-state index contributed by atoms with van der Waals surface area (Å²) in [5.41, 5.74) is 0.716. The third-order valence-electron chi connectivity index (χ3n) is 4.53. The minimum absolute atomic E-state index is 0.0246. The van der Waals surface area contributed by atoms with Gasteiger partial charge in [0.15, 0.2) is 0 Å². The fourth-order valence-corrected chi connectivity index (χ4v) is 3.76. The molecule has 166 valence electrons. The first kappa shape index (κ1) is 23.1. The van der Waals surface area contributed by atoms with E-state index in [9.17, 15) is 22.4 Å². The molecule has 7 nitrogen and oxygen atoms in total. The number of esters is 1. The molecule has 0 fully saturated rings. The summed E-state index contributed by atoms with van der Waals surface area (Å²) < 4.78 is 44.4. The van der Waals surface area contributed by atoms with E-state index in [0.29, 0.717) is 11.3 Å². The van der Waals surface area contributed by atoms with Gasteiger partial charge in [0.2, 0.25) is 16.1 Å². The van der Waals surface area contributed by atoms with Crippen molar-refractivity contribution in [3.8, 4) is 0 Å². The van der Waals surface area contributed by atoms with Crippen LogP contribution in [0, 0.1) is 5.82 Å². The van der Waals surface area contributed by atoms with Crippen LogP contribution in [-0.2, 0) is 19.6 Å². The predicted molar refractivity (Wildman–Crippen MR) is 117 cm³/mol. The number of nitrogens with zero attached hydrogens (tertiary/aromatic N) is 1. The molecule has 1 N–H and O–H groups in total. The van der Waals surface area contributed by atoms with E-state index in [1.54, 1.807) is 30.3 Å². The highest BCUT2D eigenvalue weighted by atomic mass is 32.2. The minimum atomic E-state index is -3.76. The average Bonchev–Trinajstić information content (AvgIpc) is 2.79. The molecule has 0 aliphatic heterocycles. The molecule has 3 aromatic carbocycles. The number of carbonyl (C=O) groups excluding carboxylic acids is 2. The molecule has 0 radical (unpaired) electrons. The van der Waals surface area contributed by atoms with Gasteiger partial charge in [-0.05, 0) is 42.5 Å². The molecule has 1 unspecified atom stereocenters. The molecule has 0 aromatic heterocycles. The van der Waals surface area contributed by atoms with Gasteiger partial charge in [-0.1, -0.05) is 36.4 Å². The summed E-state index contributed by atoms with van der Waals surface area (Å²) in [5, 5.41) is 2.59. The van der Waals surface area contributed by atoms with E-state index in [2.05, 4.69) is 5.32 Å². The molecule has 0 bridgehead atoms. The standard InChI is InChI=1S/C23H21FN2O5S/c1-26(2)32(29,30)20-10-6-9-17(15-20)23(28)31-21(16-7-4-3-5-8-16)22(27)25-19-13-11-18(24)12-14-19/h3-15,21H,1-2H3,(H,25,27). The largest absolute Gasteiger partial charge is 0.444 e. The summed E-state index contributed by atoms with van der Waals surface area (Å²) in [6.07, 6.45) is -1.32. The number of ether oxygens (including phenoxy) is 1. The number of rotatable bonds is 7. The van der Waals surface area contributed by atoms with Crippen molar-refractivity contribution in [1.29, 1.82) is 0 Å². The second kappa shape index (κ2) is 9.71. The number of nitrogens with one attached hydrogen (secondary N) is 1. The number of hydrogen-bond acceptors (Lipinski definition) is 5. The van der Waals surface area contributed by atoms with Gasteiger partial charge in [-0.15, -0.1) is 0 Å². The first-order valence-electron chi connectivity index (χ1n) is 9.53. The lowest BCUT2D eigenvalue weighted by atomic mass is 10.1. The molecule has 0 aliphatic rings. The van der Waals surface area contributed by atoms with Crippen molar-refractivity contribution in [2.24, 2.45) is 0 Å². The molecule has 3 aromatic rings. The van der Waals surface area contributed by atoms with Crippen LogP contribution in [-0.4, -0.2) is 38.7 Å². The Hall–Kier alpha value is -3.56. The SMILES string of the molecule is CN(C)S(=O)(=O)c1cccc(C(=O)OC(C(=O)Nc2ccc(F)cc2)c2ccccc2)c1. The van der Waals surface area contributed by atoms with Crippen LogP contribution in [0.15, 0.2) is 83.8 Å². The fourth-order valence-electron chi connectivity index (χ4n) is 2.81. The van der Waals surface area contributed by atoms with E-state index < -0.39 is 33.8 Å². The Morgan fingerprint density at radius 3 is 2.22 bits per heavy atom. The molecule has 0 heterocycles. The average molecular weight is 456 g/mol. The number of hydrogen-bond donors (Lipinski definition) is 1. The molecule has 0 aliphatic carbocycles. The van der Waals surface area contributed by atoms with Crippen LogP contribution in [0.1, 0.15) is 22.0 Å². The van der Waals surface area contributed by atoms with Gasteiger partial charge in [-0.3, -0.25) is 4.79 Å². The lowest BCUT2D eigenvalue weighted by Gasteiger charge is -2.18.